The third-order valence-corrected chi connectivity index (χ3v) is 2.02. The monoisotopic (exact) mass is 268 g/mol. The van der Waals surface area contributed by atoms with Crippen LogP contribution in [-0.2, 0) is 0 Å². The van der Waals surface area contributed by atoms with E-state index in [1.54, 1.807) is 20.3 Å². The molecule has 0 aromatic heterocycles. The normalized spacial score (nSPS) is 13.7. The Morgan fingerprint density at radius 2 is 1.37 bits per heavy atom. The summed E-state index contributed by atoms with van der Waals surface area (Å²) in [4.78, 5) is 11.7. The van der Waals surface area contributed by atoms with E-state index in [4.69, 9.17) is 0 Å². The molecule has 2 N–H and O–H groups in total. The minimum absolute atomic E-state index is 0.668. The molecule has 0 aromatic rings. The lowest BCUT2D eigenvalue weighted by molar-refractivity contribution is 0.588. The molecule has 0 rings (SSSR count). The van der Waals surface area contributed by atoms with Crippen molar-refractivity contribution in [3.8, 4) is 0 Å². The van der Waals surface area contributed by atoms with Gasteiger partial charge in [0.05, 0.1) is 11.9 Å². The number of nitrogens with zero attached hydrogens (tertiary/aromatic N) is 6. The summed E-state index contributed by atoms with van der Waals surface area (Å²) in [7, 11) is 10.9. The zero-order valence-electron chi connectivity index (χ0n) is 12.8. The van der Waals surface area contributed by atoms with Gasteiger partial charge in [-0.3, -0.25) is 9.98 Å². The molecule has 8 heteroatoms. The maximum absolute atomic E-state index is 4.14. The number of guanidine groups is 2. The molecule has 0 aromatic carbocycles. The zero-order chi connectivity index (χ0) is 14.8. The summed E-state index contributed by atoms with van der Waals surface area (Å²) in [5.74, 6) is 1.34. The summed E-state index contributed by atoms with van der Waals surface area (Å²) in [6.07, 6.45) is 1.60. The van der Waals surface area contributed by atoms with Gasteiger partial charge in [-0.2, -0.15) is 10.2 Å². The Bertz CT molecular complexity index is 378. The first-order chi connectivity index (χ1) is 8.92. The van der Waals surface area contributed by atoms with Gasteiger partial charge in [0.15, 0.2) is 0 Å². The fraction of sp³-hybridized carbons (Fsp3) is 0.636. The van der Waals surface area contributed by atoms with Crippen LogP contribution in [0.25, 0.3) is 0 Å². The number of hydrogen-bond acceptors (Lipinski definition) is 4. The highest BCUT2D eigenvalue weighted by molar-refractivity contribution is 6.29. The highest BCUT2D eigenvalue weighted by atomic mass is 15.4. The van der Waals surface area contributed by atoms with Crippen LogP contribution in [0.15, 0.2) is 20.2 Å². The van der Waals surface area contributed by atoms with E-state index in [0.29, 0.717) is 17.6 Å². The fourth-order valence-corrected chi connectivity index (χ4v) is 1.05. The molecule has 108 valence electrons. The molecule has 0 heterocycles. The average molecular weight is 268 g/mol. The molecule has 0 aliphatic carbocycles. The zero-order valence-corrected chi connectivity index (χ0v) is 12.8. The number of hydrogen-bond donors (Lipinski definition) is 2. The first kappa shape index (κ1) is 16.9. The first-order valence-corrected chi connectivity index (χ1v) is 5.80. The number of hydrazone groups is 2. The lowest BCUT2D eigenvalue weighted by Gasteiger charge is -2.14. The third-order valence-electron chi connectivity index (χ3n) is 2.02. The second-order valence-corrected chi connectivity index (χ2v) is 4.12. The van der Waals surface area contributed by atoms with Crippen molar-refractivity contribution in [3.63, 3.8) is 0 Å². The van der Waals surface area contributed by atoms with Gasteiger partial charge in [-0.05, 0) is 6.92 Å². The molecule has 0 fully saturated rings. The molecule has 0 aliphatic rings. The highest BCUT2D eigenvalue weighted by Gasteiger charge is 1.98. The summed E-state index contributed by atoms with van der Waals surface area (Å²) in [5, 5.41) is 8.18. The smallest absolute Gasteiger partial charge is 0.213 e. The number of aliphatic imine (C=N–C) groups is 2. The molecule has 19 heavy (non-hydrogen) atoms. The van der Waals surface area contributed by atoms with Gasteiger partial charge in [-0.1, -0.05) is 0 Å². The largest absolute Gasteiger partial charge is 0.348 e. The molecule has 0 bridgehead atoms. The summed E-state index contributed by atoms with van der Waals surface area (Å²) in [5.41, 5.74) is 6.38. The summed E-state index contributed by atoms with van der Waals surface area (Å²) < 4.78 is 0. The van der Waals surface area contributed by atoms with Gasteiger partial charge in [0, 0.05) is 42.3 Å². The Morgan fingerprint density at radius 3 is 1.79 bits per heavy atom. The molecular formula is C11H24N8. The van der Waals surface area contributed by atoms with E-state index in [1.807, 2.05) is 44.9 Å². The second-order valence-electron chi connectivity index (χ2n) is 4.12. The van der Waals surface area contributed by atoms with Gasteiger partial charge < -0.3 is 9.80 Å². The molecule has 8 nitrogen and oxygen atoms in total. The van der Waals surface area contributed by atoms with Crippen LogP contribution in [0.4, 0.5) is 0 Å². The predicted molar refractivity (Wildman–Crippen MR) is 82.0 cm³/mol. The summed E-state index contributed by atoms with van der Waals surface area (Å²) in [6.45, 7) is 1.83. The molecular weight excluding hydrogens is 244 g/mol. The molecule has 0 saturated heterocycles. The van der Waals surface area contributed by atoms with Crippen LogP contribution in [0.5, 0.6) is 0 Å². The highest BCUT2D eigenvalue weighted by Crippen LogP contribution is 1.80. The molecule has 0 spiro atoms. The van der Waals surface area contributed by atoms with Crippen molar-refractivity contribution in [2.45, 2.75) is 6.92 Å². The van der Waals surface area contributed by atoms with E-state index in [0.717, 1.165) is 0 Å². The van der Waals surface area contributed by atoms with E-state index < -0.39 is 0 Å². The summed E-state index contributed by atoms with van der Waals surface area (Å²) >= 11 is 0. The van der Waals surface area contributed by atoms with Crippen molar-refractivity contribution < 1.29 is 0 Å². The van der Waals surface area contributed by atoms with Crippen LogP contribution in [-0.4, -0.2) is 75.9 Å². The SMILES string of the molecule is CN=C(NN=CC(C)=NNC(=NC)N(C)C)N(C)C. The Hall–Kier alpha value is -2.12. The molecule has 0 atom stereocenters. The van der Waals surface area contributed by atoms with Gasteiger partial charge in [-0.25, -0.2) is 10.9 Å². The van der Waals surface area contributed by atoms with Crippen molar-refractivity contribution in [1.82, 2.24) is 20.7 Å². The van der Waals surface area contributed by atoms with Crippen LogP contribution in [0.1, 0.15) is 6.92 Å². The Labute approximate surface area is 115 Å². The van der Waals surface area contributed by atoms with Crippen molar-refractivity contribution in [1.29, 1.82) is 0 Å². The standard InChI is InChI=1S/C11H24N8/c1-9(15-17-11(13-3)19(6)7)8-14-16-10(12-2)18(4)5/h8H,1-7H3,(H,12,16)(H,13,17). The van der Waals surface area contributed by atoms with Crippen LogP contribution < -0.4 is 10.9 Å². The van der Waals surface area contributed by atoms with Gasteiger partial charge in [0.1, 0.15) is 0 Å². The molecule has 0 aliphatic heterocycles. The van der Waals surface area contributed by atoms with Gasteiger partial charge in [-0.15, -0.1) is 0 Å². The molecule has 0 saturated carbocycles. The van der Waals surface area contributed by atoms with E-state index >= 15 is 0 Å². The minimum atomic E-state index is 0.668. The first-order valence-electron chi connectivity index (χ1n) is 5.80. The van der Waals surface area contributed by atoms with Gasteiger partial charge >= 0.3 is 0 Å². The van der Waals surface area contributed by atoms with Crippen LogP contribution in [0.3, 0.4) is 0 Å². The quantitative estimate of drug-likeness (QED) is 0.415. The third kappa shape index (κ3) is 7.02. The van der Waals surface area contributed by atoms with Crippen molar-refractivity contribution in [3.05, 3.63) is 0 Å². The van der Waals surface area contributed by atoms with Crippen molar-refractivity contribution in [2.75, 3.05) is 42.3 Å². The van der Waals surface area contributed by atoms with Crippen molar-refractivity contribution in [2.24, 2.45) is 20.2 Å². The molecule has 0 radical (unpaired) electrons. The second kappa shape index (κ2) is 8.90. The lowest BCUT2D eigenvalue weighted by Crippen LogP contribution is -2.34. The van der Waals surface area contributed by atoms with Crippen LogP contribution in [0.2, 0.25) is 0 Å². The number of rotatable bonds is 3. The van der Waals surface area contributed by atoms with Gasteiger partial charge in [0.25, 0.3) is 0 Å². The van der Waals surface area contributed by atoms with Gasteiger partial charge in [0.2, 0.25) is 11.9 Å². The maximum Gasteiger partial charge on any atom is 0.213 e. The Kier molecular flexibility index (Phi) is 7.90. The van der Waals surface area contributed by atoms with Crippen molar-refractivity contribution >= 4 is 23.8 Å². The predicted octanol–water partition coefficient (Wildman–Crippen LogP) is -0.378. The van der Waals surface area contributed by atoms with E-state index in [2.05, 4.69) is 31.0 Å². The van der Waals surface area contributed by atoms with E-state index in [1.165, 1.54) is 0 Å². The lowest BCUT2D eigenvalue weighted by atomic mass is 10.5. The topological polar surface area (TPSA) is 80.0 Å². The van der Waals surface area contributed by atoms with Crippen LogP contribution >= 0.6 is 0 Å². The Morgan fingerprint density at radius 1 is 0.895 bits per heavy atom. The average Bonchev–Trinajstić information content (AvgIpc) is 2.34. The molecule has 0 unspecified atom stereocenters. The summed E-state index contributed by atoms with van der Waals surface area (Å²) in [6, 6.07) is 0. The van der Waals surface area contributed by atoms with E-state index in [-0.39, 0.29) is 0 Å². The van der Waals surface area contributed by atoms with E-state index in [9.17, 15) is 0 Å². The fourth-order valence-electron chi connectivity index (χ4n) is 1.05. The molecule has 0 amide bonds. The number of nitrogens with one attached hydrogen (secondary N) is 2. The Balaban J connectivity index is 4.41. The minimum Gasteiger partial charge on any atom is -0.348 e. The van der Waals surface area contributed by atoms with Crippen LogP contribution in [0, 0.1) is 0 Å². The maximum atomic E-state index is 4.14.